The van der Waals surface area contributed by atoms with E-state index in [2.05, 4.69) is 15.4 Å². The van der Waals surface area contributed by atoms with E-state index in [0.717, 1.165) is 41.7 Å². The molecule has 2 aromatic heterocycles. The number of nitrogens with zero attached hydrogens (tertiary/aromatic N) is 1. The fourth-order valence-electron chi connectivity index (χ4n) is 4.09. The SMILES string of the molecule is COC(=O)NC(=O)c1c(NC(=O)C2CCCN(S(=O)(=O)c3ccc(Cl)s3)C2)sc2c1CCC2. The first-order valence-electron chi connectivity index (χ1n) is 10.3. The fourth-order valence-corrected chi connectivity index (χ4v) is 8.54. The molecule has 0 bridgehead atoms. The Labute approximate surface area is 204 Å². The van der Waals surface area contributed by atoms with Gasteiger partial charge in [-0.3, -0.25) is 14.9 Å². The molecule has 178 valence electrons. The van der Waals surface area contributed by atoms with Crippen LogP contribution in [0.2, 0.25) is 4.34 Å². The number of aryl methyl sites for hydroxylation is 1. The number of nitrogens with one attached hydrogen (secondary N) is 2. The van der Waals surface area contributed by atoms with Gasteiger partial charge in [0.1, 0.15) is 9.21 Å². The van der Waals surface area contributed by atoms with Crippen LogP contribution in [-0.4, -0.2) is 50.8 Å². The zero-order valence-corrected chi connectivity index (χ0v) is 20.9. The summed E-state index contributed by atoms with van der Waals surface area (Å²) < 4.78 is 32.2. The molecule has 33 heavy (non-hydrogen) atoms. The number of fused-ring (bicyclic) bond motifs is 1. The van der Waals surface area contributed by atoms with Gasteiger partial charge in [-0.2, -0.15) is 4.31 Å². The van der Waals surface area contributed by atoms with Gasteiger partial charge in [0.05, 0.1) is 22.9 Å². The minimum absolute atomic E-state index is 0.0401. The summed E-state index contributed by atoms with van der Waals surface area (Å²) in [5.41, 5.74) is 1.11. The van der Waals surface area contributed by atoms with E-state index < -0.39 is 27.9 Å². The van der Waals surface area contributed by atoms with Crippen molar-refractivity contribution >= 4 is 67.2 Å². The number of thiophene rings is 2. The van der Waals surface area contributed by atoms with Gasteiger partial charge in [0.15, 0.2) is 0 Å². The zero-order chi connectivity index (χ0) is 23.8. The van der Waals surface area contributed by atoms with Crippen LogP contribution in [0, 0.1) is 5.92 Å². The van der Waals surface area contributed by atoms with Crippen molar-refractivity contribution < 1.29 is 27.5 Å². The van der Waals surface area contributed by atoms with E-state index in [1.807, 2.05) is 0 Å². The maximum absolute atomic E-state index is 13.1. The van der Waals surface area contributed by atoms with E-state index in [9.17, 15) is 22.8 Å². The summed E-state index contributed by atoms with van der Waals surface area (Å²) in [5.74, 6) is -1.55. The standard InChI is InChI=1S/C20H22ClN3O6S3/c1-30-20(27)23-18(26)16-12-5-2-6-13(12)31-19(16)22-17(25)11-4-3-9-24(10-11)33(28,29)15-8-7-14(21)32-15/h7-8,11H,2-6,9-10H2,1H3,(H,22,25)(H,23,26,27). The minimum atomic E-state index is -3.74. The topological polar surface area (TPSA) is 122 Å². The Balaban J connectivity index is 1.51. The van der Waals surface area contributed by atoms with Crippen molar-refractivity contribution in [2.75, 3.05) is 25.5 Å². The zero-order valence-electron chi connectivity index (χ0n) is 17.7. The average Bonchev–Trinajstić information content (AvgIpc) is 3.49. The number of anilines is 1. The first-order valence-corrected chi connectivity index (χ1v) is 13.8. The molecule has 1 fully saturated rings. The number of sulfonamides is 1. The van der Waals surface area contributed by atoms with Crippen LogP contribution in [0.15, 0.2) is 16.3 Å². The molecule has 3 heterocycles. The number of imide groups is 1. The number of hydrogen-bond acceptors (Lipinski definition) is 8. The Morgan fingerprint density at radius 3 is 2.67 bits per heavy atom. The second-order valence-electron chi connectivity index (χ2n) is 7.76. The van der Waals surface area contributed by atoms with Gasteiger partial charge in [-0.05, 0) is 49.8 Å². The number of hydrogen-bond donors (Lipinski definition) is 2. The third kappa shape index (κ3) is 4.94. The summed E-state index contributed by atoms with van der Waals surface area (Å²) in [6.45, 7) is 0.361. The molecule has 0 aromatic carbocycles. The van der Waals surface area contributed by atoms with Gasteiger partial charge < -0.3 is 10.1 Å². The fraction of sp³-hybridized carbons (Fsp3) is 0.450. The van der Waals surface area contributed by atoms with Crippen molar-refractivity contribution in [1.82, 2.24) is 9.62 Å². The largest absolute Gasteiger partial charge is 0.453 e. The lowest BCUT2D eigenvalue weighted by molar-refractivity contribution is -0.120. The quantitative estimate of drug-likeness (QED) is 0.609. The molecule has 1 aliphatic heterocycles. The van der Waals surface area contributed by atoms with Gasteiger partial charge >= 0.3 is 6.09 Å². The molecular formula is C20H22ClN3O6S3. The monoisotopic (exact) mass is 531 g/mol. The molecule has 0 spiro atoms. The van der Waals surface area contributed by atoms with Crippen LogP contribution in [0.5, 0.6) is 0 Å². The molecule has 1 unspecified atom stereocenters. The normalized spacial score (nSPS) is 18.5. The van der Waals surface area contributed by atoms with Gasteiger partial charge in [-0.25, -0.2) is 13.2 Å². The van der Waals surface area contributed by atoms with Gasteiger partial charge in [-0.1, -0.05) is 11.6 Å². The highest BCUT2D eigenvalue weighted by Gasteiger charge is 2.35. The Kier molecular flexibility index (Phi) is 7.10. The molecule has 1 aliphatic carbocycles. The summed E-state index contributed by atoms with van der Waals surface area (Å²) in [6.07, 6.45) is 2.57. The van der Waals surface area contributed by atoms with Gasteiger partial charge in [0.2, 0.25) is 5.91 Å². The molecule has 1 saturated heterocycles. The first-order chi connectivity index (χ1) is 15.7. The molecule has 13 heteroatoms. The van der Waals surface area contributed by atoms with E-state index in [4.69, 9.17) is 11.6 Å². The van der Waals surface area contributed by atoms with Gasteiger partial charge in [-0.15, -0.1) is 22.7 Å². The average molecular weight is 532 g/mol. The smallest absolute Gasteiger partial charge is 0.413 e. The van der Waals surface area contributed by atoms with Crippen LogP contribution in [0.1, 0.15) is 40.1 Å². The molecule has 9 nitrogen and oxygen atoms in total. The molecule has 3 amide bonds. The Morgan fingerprint density at radius 1 is 1.18 bits per heavy atom. The highest BCUT2D eigenvalue weighted by Crippen LogP contribution is 2.39. The summed E-state index contributed by atoms with van der Waals surface area (Å²) in [6, 6.07) is 3.00. The number of amides is 3. The summed E-state index contributed by atoms with van der Waals surface area (Å²) in [5, 5.41) is 5.36. The second kappa shape index (κ2) is 9.71. The van der Waals surface area contributed by atoms with Crippen molar-refractivity contribution in [2.45, 2.75) is 36.3 Å². The third-order valence-corrected chi connectivity index (χ3v) is 10.5. The molecule has 2 N–H and O–H groups in total. The maximum Gasteiger partial charge on any atom is 0.413 e. The van der Waals surface area contributed by atoms with Crippen molar-refractivity contribution in [3.63, 3.8) is 0 Å². The van der Waals surface area contributed by atoms with E-state index in [-0.39, 0.29) is 22.2 Å². The molecular weight excluding hydrogens is 510 g/mol. The number of carbonyl (C=O) groups excluding carboxylic acids is 3. The summed E-state index contributed by atoms with van der Waals surface area (Å²) in [4.78, 5) is 38.3. The van der Waals surface area contributed by atoms with Crippen molar-refractivity contribution in [1.29, 1.82) is 0 Å². The van der Waals surface area contributed by atoms with E-state index in [0.29, 0.717) is 35.1 Å². The van der Waals surface area contributed by atoms with Gasteiger partial charge in [0, 0.05) is 18.0 Å². The number of halogens is 1. The summed E-state index contributed by atoms with van der Waals surface area (Å²) in [7, 11) is -2.58. The van der Waals surface area contributed by atoms with Crippen molar-refractivity contribution in [3.8, 4) is 0 Å². The van der Waals surface area contributed by atoms with Crippen LogP contribution < -0.4 is 10.6 Å². The van der Waals surface area contributed by atoms with Crippen LogP contribution in [-0.2, 0) is 32.4 Å². The lowest BCUT2D eigenvalue weighted by Crippen LogP contribution is -2.43. The number of alkyl carbamates (subject to hydrolysis) is 1. The number of rotatable bonds is 5. The lowest BCUT2D eigenvalue weighted by atomic mass is 9.99. The van der Waals surface area contributed by atoms with Crippen molar-refractivity contribution in [2.24, 2.45) is 5.92 Å². The number of ether oxygens (including phenoxy) is 1. The predicted molar refractivity (Wildman–Crippen MR) is 126 cm³/mol. The lowest BCUT2D eigenvalue weighted by Gasteiger charge is -2.30. The summed E-state index contributed by atoms with van der Waals surface area (Å²) >= 11 is 8.20. The third-order valence-electron chi connectivity index (χ3n) is 5.68. The molecule has 0 saturated carbocycles. The second-order valence-corrected chi connectivity index (χ2v) is 12.7. The van der Waals surface area contributed by atoms with E-state index in [1.54, 1.807) is 0 Å². The Hall–Kier alpha value is -1.99. The van der Waals surface area contributed by atoms with E-state index >= 15 is 0 Å². The highest BCUT2D eigenvalue weighted by atomic mass is 35.5. The first kappa shape index (κ1) is 24.1. The Bertz CT molecular complexity index is 1210. The molecule has 4 rings (SSSR count). The van der Waals surface area contributed by atoms with Crippen LogP contribution >= 0.6 is 34.3 Å². The maximum atomic E-state index is 13.1. The predicted octanol–water partition coefficient (Wildman–Crippen LogP) is 3.49. The Morgan fingerprint density at radius 2 is 1.97 bits per heavy atom. The van der Waals surface area contributed by atoms with Crippen LogP contribution in [0.4, 0.5) is 9.80 Å². The minimum Gasteiger partial charge on any atom is -0.453 e. The molecule has 2 aromatic rings. The molecule has 0 radical (unpaired) electrons. The van der Waals surface area contributed by atoms with E-state index in [1.165, 1.54) is 27.8 Å². The molecule has 2 aliphatic rings. The van der Waals surface area contributed by atoms with Gasteiger partial charge in [0.25, 0.3) is 15.9 Å². The number of methoxy groups -OCH3 is 1. The number of carbonyl (C=O) groups is 3. The van der Waals surface area contributed by atoms with Crippen LogP contribution in [0.3, 0.4) is 0 Å². The highest BCUT2D eigenvalue weighted by molar-refractivity contribution is 7.91. The van der Waals surface area contributed by atoms with Crippen molar-refractivity contribution in [3.05, 3.63) is 32.5 Å². The molecule has 1 atom stereocenters. The number of piperidine rings is 1. The van der Waals surface area contributed by atoms with Crippen LogP contribution in [0.25, 0.3) is 0 Å².